The zero-order valence-corrected chi connectivity index (χ0v) is 11.2. The molecule has 1 atom stereocenters. The molecular formula is C13H17F3O4. The number of hydrogen-bond acceptors (Lipinski definition) is 4. The van der Waals surface area contributed by atoms with Gasteiger partial charge in [-0.25, -0.2) is 0 Å². The Bertz CT molecular complexity index is 419. The molecule has 0 aliphatic rings. The Morgan fingerprint density at radius 1 is 1.20 bits per heavy atom. The van der Waals surface area contributed by atoms with Gasteiger partial charge in [-0.15, -0.1) is 0 Å². The van der Waals surface area contributed by atoms with E-state index in [4.69, 9.17) is 9.47 Å². The van der Waals surface area contributed by atoms with Crippen LogP contribution in [0.15, 0.2) is 18.2 Å². The van der Waals surface area contributed by atoms with Gasteiger partial charge in [-0.3, -0.25) is 0 Å². The number of alkyl halides is 3. The first-order valence-electron chi connectivity index (χ1n) is 5.97. The monoisotopic (exact) mass is 294 g/mol. The summed E-state index contributed by atoms with van der Waals surface area (Å²) in [6, 6.07) is 4.85. The first-order valence-corrected chi connectivity index (χ1v) is 5.97. The van der Waals surface area contributed by atoms with Crippen LogP contribution in [0.2, 0.25) is 0 Å². The summed E-state index contributed by atoms with van der Waals surface area (Å²) < 4.78 is 50.3. The summed E-state index contributed by atoms with van der Waals surface area (Å²) >= 11 is 0. The third-order valence-corrected chi connectivity index (χ3v) is 2.42. The number of ether oxygens (including phenoxy) is 3. The highest BCUT2D eigenvalue weighted by Crippen LogP contribution is 2.30. The van der Waals surface area contributed by atoms with E-state index < -0.39 is 18.9 Å². The highest BCUT2D eigenvalue weighted by Gasteiger charge is 2.27. The number of aliphatic hydroxyl groups excluding tert-OH is 1. The highest BCUT2D eigenvalue weighted by atomic mass is 19.4. The van der Waals surface area contributed by atoms with Gasteiger partial charge in [0.05, 0.1) is 19.8 Å². The van der Waals surface area contributed by atoms with Crippen molar-refractivity contribution in [2.45, 2.75) is 19.2 Å². The molecule has 7 heteroatoms. The van der Waals surface area contributed by atoms with E-state index in [2.05, 4.69) is 4.74 Å². The van der Waals surface area contributed by atoms with Gasteiger partial charge in [0.15, 0.2) is 11.5 Å². The molecule has 1 aromatic carbocycles. The Labute approximate surface area is 115 Å². The lowest BCUT2D eigenvalue weighted by Crippen LogP contribution is -2.19. The SMILES string of the molecule is COc1cc(C(C)O)ccc1OCCOCC(F)(F)F. The molecule has 0 aromatic heterocycles. The maximum atomic E-state index is 11.8. The van der Waals surface area contributed by atoms with Crippen LogP contribution >= 0.6 is 0 Å². The fourth-order valence-electron chi connectivity index (χ4n) is 1.46. The van der Waals surface area contributed by atoms with Crippen LogP contribution < -0.4 is 9.47 Å². The average molecular weight is 294 g/mol. The van der Waals surface area contributed by atoms with Crippen molar-refractivity contribution in [1.82, 2.24) is 0 Å². The predicted molar refractivity (Wildman–Crippen MR) is 66.0 cm³/mol. The fraction of sp³-hybridized carbons (Fsp3) is 0.538. The lowest BCUT2D eigenvalue weighted by Gasteiger charge is -2.13. The Morgan fingerprint density at radius 2 is 1.90 bits per heavy atom. The number of aliphatic hydroxyl groups is 1. The molecule has 0 radical (unpaired) electrons. The topological polar surface area (TPSA) is 47.9 Å². The molecule has 0 saturated heterocycles. The summed E-state index contributed by atoms with van der Waals surface area (Å²) in [6.07, 6.45) is -4.98. The van der Waals surface area contributed by atoms with E-state index in [0.29, 0.717) is 17.1 Å². The minimum atomic E-state index is -4.34. The standard InChI is InChI=1S/C13H17F3O4/c1-9(17)10-3-4-11(12(7-10)18-2)20-6-5-19-8-13(14,15)16/h3-4,7,9,17H,5-6,8H2,1-2H3. The minimum absolute atomic E-state index is 0.0273. The molecule has 114 valence electrons. The highest BCUT2D eigenvalue weighted by molar-refractivity contribution is 5.43. The molecule has 1 rings (SSSR count). The van der Waals surface area contributed by atoms with Gasteiger partial charge in [0.2, 0.25) is 0 Å². The summed E-state index contributed by atoms with van der Waals surface area (Å²) in [7, 11) is 1.44. The molecule has 4 nitrogen and oxygen atoms in total. The van der Waals surface area contributed by atoms with Gasteiger partial charge in [0, 0.05) is 0 Å². The largest absolute Gasteiger partial charge is 0.493 e. The Kier molecular flexibility index (Phi) is 6.09. The maximum Gasteiger partial charge on any atom is 0.411 e. The molecular weight excluding hydrogens is 277 g/mol. The fourth-order valence-corrected chi connectivity index (χ4v) is 1.46. The first kappa shape index (κ1) is 16.6. The van der Waals surface area contributed by atoms with Crippen LogP contribution in [0.1, 0.15) is 18.6 Å². The van der Waals surface area contributed by atoms with E-state index in [-0.39, 0.29) is 13.2 Å². The molecule has 0 spiro atoms. The van der Waals surface area contributed by atoms with Crippen molar-refractivity contribution < 1.29 is 32.5 Å². The van der Waals surface area contributed by atoms with Gasteiger partial charge in [-0.1, -0.05) is 6.07 Å². The molecule has 20 heavy (non-hydrogen) atoms. The van der Waals surface area contributed by atoms with Crippen molar-refractivity contribution in [3.8, 4) is 11.5 Å². The molecule has 0 heterocycles. The van der Waals surface area contributed by atoms with Crippen molar-refractivity contribution in [2.24, 2.45) is 0 Å². The Hall–Kier alpha value is -1.47. The zero-order chi connectivity index (χ0) is 15.2. The van der Waals surface area contributed by atoms with Crippen LogP contribution in [-0.4, -0.2) is 38.2 Å². The lowest BCUT2D eigenvalue weighted by atomic mass is 10.1. The molecule has 1 aromatic rings. The van der Waals surface area contributed by atoms with E-state index >= 15 is 0 Å². The number of halogens is 3. The van der Waals surface area contributed by atoms with Crippen LogP contribution in [0.3, 0.4) is 0 Å². The molecule has 1 N–H and O–H groups in total. The van der Waals surface area contributed by atoms with Crippen LogP contribution in [0.5, 0.6) is 11.5 Å². The van der Waals surface area contributed by atoms with E-state index in [1.54, 1.807) is 25.1 Å². The molecule has 0 aliphatic heterocycles. The van der Waals surface area contributed by atoms with Gasteiger partial charge in [0.1, 0.15) is 13.2 Å². The molecule has 0 fully saturated rings. The number of hydrogen-bond donors (Lipinski definition) is 1. The Morgan fingerprint density at radius 3 is 2.45 bits per heavy atom. The van der Waals surface area contributed by atoms with Gasteiger partial charge in [-0.2, -0.15) is 13.2 Å². The van der Waals surface area contributed by atoms with Crippen molar-refractivity contribution in [2.75, 3.05) is 26.9 Å². The van der Waals surface area contributed by atoms with Gasteiger partial charge in [-0.05, 0) is 24.6 Å². The first-order chi connectivity index (χ1) is 9.33. The molecule has 0 bridgehead atoms. The molecule has 0 aliphatic carbocycles. The van der Waals surface area contributed by atoms with Crippen molar-refractivity contribution in [3.05, 3.63) is 23.8 Å². The minimum Gasteiger partial charge on any atom is -0.493 e. The summed E-state index contributed by atoms with van der Waals surface area (Å²) in [5.41, 5.74) is 0.655. The van der Waals surface area contributed by atoms with Crippen molar-refractivity contribution >= 4 is 0 Å². The molecule has 0 saturated carbocycles. The van der Waals surface area contributed by atoms with Crippen molar-refractivity contribution in [3.63, 3.8) is 0 Å². The molecule has 0 amide bonds. The lowest BCUT2D eigenvalue weighted by molar-refractivity contribution is -0.175. The van der Waals surface area contributed by atoms with E-state index in [1.165, 1.54) is 7.11 Å². The van der Waals surface area contributed by atoms with E-state index in [9.17, 15) is 18.3 Å². The summed E-state index contributed by atoms with van der Waals surface area (Å²) in [6.45, 7) is 0.107. The van der Waals surface area contributed by atoms with Gasteiger partial charge >= 0.3 is 6.18 Å². The zero-order valence-electron chi connectivity index (χ0n) is 11.2. The normalized spacial score (nSPS) is 13.1. The molecule has 1 unspecified atom stereocenters. The number of methoxy groups -OCH3 is 1. The van der Waals surface area contributed by atoms with Crippen LogP contribution in [0.25, 0.3) is 0 Å². The van der Waals surface area contributed by atoms with Crippen LogP contribution in [-0.2, 0) is 4.74 Å². The second-order valence-electron chi connectivity index (χ2n) is 4.10. The third-order valence-electron chi connectivity index (χ3n) is 2.42. The van der Waals surface area contributed by atoms with E-state index in [0.717, 1.165) is 0 Å². The average Bonchev–Trinajstić information content (AvgIpc) is 2.36. The van der Waals surface area contributed by atoms with E-state index in [1.807, 2.05) is 0 Å². The quantitative estimate of drug-likeness (QED) is 0.786. The van der Waals surface area contributed by atoms with Gasteiger partial charge < -0.3 is 19.3 Å². The maximum absolute atomic E-state index is 11.8. The summed E-state index contributed by atoms with van der Waals surface area (Å²) in [5.74, 6) is 0.784. The number of benzene rings is 1. The van der Waals surface area contributed by atoms with Crippen molar-refractivity contribution in [1.29, 1.82) is 0 Å². The second kappa shape index (κ2) is 7.35. The van der Waals surface area contributed by atoms with Crippen LogP contribution in [0.4, 0.5) is 13.2 Å². The third kappa shape index (κ3) is 5.66. The van der Waals surface area contributed by atoms with Gasteiger partial charge in [0.25, 0.3) is 0 Å². The smallest absolute Gasteiger partial charge is 0.411 e. The Balaban J connectivity index is 2.47. The number of rotatable bonds is 7. The summed E-state index contributed by atoms with van der Waals surface area (Å²) in [5, 5.41) is 9.43. The second-order valence-corrected chi connectivity index (χ2v) is 4.10. The predicted octanol–water partition coefficient (Wildman–Crippen LogP) is 2.71. The summed E-state index contributed by atoms with van der Waals surface area (Å²) in [4.78, 5) is 0. The van der Waals surface area contributed by atoms with Crippen LogP contribution in [0, 0.1) is 0 Å².